The van der Waals surface area contributed by atoms with Crippen molar-refractivity contribution < 1.29 is 24.2 Å². The van der Waals surface area contributed by atoms with Crippen LogP contribution in [0.2, 0.25) is 5.02 Å². The summed E-state index contributed by atoms with van der Waals surface area (Å²) in [6.45, 7) is 4.89. The van der Waals surface area contributed by atoms with Crippen LogP contribution in [0.1, 0.15) is 6.92 Å². The number of piperazine rings is 1. The van der Waals surface area contributed by atoms with Crippen LogP contribution in [-0.4, -0.2) is 68.1 Å². The number of benzene rings is 3. The largest absolute Gasteiger partial charge is 0.492 e. The van der Waals surface area contributed by atoms with Gasteiger partial charge in [0, 0.05) is 43.6 Å². The number of ether oxygens (including phenoxy) is 2. The van der Waals surface area contributed by atoms with Gasteiger partial charge in [0.1, 0.15) is 18.1 Å². The highest BCUT2D eigenvalue weighted by Gasteiger charge is 2.22. The molecular weight excluding hydrogens is 522 g/mol. The normalized spacial score (nSPS) is 13.0. The Bertz CT molecular complexity index is 1270. The Hall–Kier alpha value is -4.15. The minimum atomic E-state index is -0.359. The van der Waals surface area contributed by atoms with E-state index in [1.54, 1.807) is 35.2 Å². The second-order valence-electron chi connectivity index (χ2n) is 8.67. The summed E-state index contributed by atoms with van der Waals surface area (Å²) in [5, 5.41) is 17.7. The number of hydrogen-bond donors (Lipinski definition) is 4. The number of nitrogens with zero attached hydrogens (tertiary/aromatic N) is 2. The Balaban J connectivity index is 1.25. The molecule has 1 heterocycles. The molecule has 0 unspecified atom stereocenters. The highest BCUT2D eigenvalue weighted by molar-refractivity contribution is 6.33. The van der Waals surface area contributed by atoms with Gasteiger partial charge in [0.25, 0.3) is 0 Å². The maximum atomic E-state index is 12.8. The first-order valence-electron chi connectivity index (χ1n) is 12.7. The minimum absolute atomic E-state index is 0.0922. The van der Waals surface area contributed by atoms with Crippen LogP contribution < -0.4 is 30.3 Å². The third-order valence-electron chi connectivity index (χ3n) is 6.03. The van der Waals surface area contributed by atoms with Gasteiger partial charge in [-0.15, -0.1) is 0 Å². The van der Waals surface area contributed by atoms with Crippen LogP contribution in [0, 0.1) is 0 Å². The Morgan fingerprint density at radius 2 is 1.64 bits per heavy atom. The van der Waals surface area contributed by atoms with E-state index in [0.717, 1.165) is 5.69 Å². The Morgan fingerprint density at radius 3 is 2.33 bits per heavy atom. The van der Waals surface area contributed by atoms with E-state index in [1.807, 2.05) is 43.3 Å². The molecule has 10 nitrogen and oxygen atoms in total. The van der Waals surface area contributed by atoms with Crippen molar-refractivity contribution in [1.82, 2.24) is 4.90 Å². The number of rotatable bonds is 9. The van der Waals surface area contributed by atoms with Gasteiger partial charge in [-0.1, -0.05) is 23.7 Å². The van der Waals surface area contributed by atoms with Crippen LogP contribution in [0.25, 0.3) is 0 Å². The molecule has 4 rings (SSSR count). The van der Waals surface area contributed by atoms with E-state index in [2.05, 4.69) is 20.9 Å². The van der Waals surface area contributed by atoms with Crippen LogP contribution in [0.3, 0.4) is 0 Å². The van der Waals surface area contributed by atoms with Crippen molar-refractivity contribution in [3.05, 3.63) is 71.8 Å². The lowest BCUT2D eigenvalue weighted by molar-refractivity contribution is 0.201. The molecule has 4 amide bonds. The molecule has 0 saturated carbocycles. The SMILES string of the molecule is CCOc1ccccc1NC(=O)Nc1ccc(N2CCN(C(=O)Nc3ccc(OCCO)cc3Cl)CC2)cc1. The van der Waals surface area contributed by atoms with Crippen molar-refractivity contribution >= 4 is 46.4 Å². The number of aliphatic hydroxyl groups excluding tert-OH is 1. The maximum Gasteiger partial charge on any atom is 0.323 e. The first kappa shape index (κ1) is 27.9. The number of nitrogens with one attached hydrogen (secondary N) is 3. The molecule has 0 radical (unpaired) electrons. The number of amides is 4. The summed E-state index contributed by atoms with van der Waals surface area (Å²) < 4.78 is 10.9. The number of carbonyl (C=O) groups is 2. The van der Waals surface area contributed by atoms with Crippen molar-refractivity contribution in [3.63, 3.8) is 0 Å². The lowest BCUT2D eigenvalue weighted by Crippen LogP contribution is -2.50. The van der Waals surface area contributed by atoms with E-state index in [9.17, 15) is 9.59 Å². The molecule has 1 aliphatic heterocycles. The standard InChI is InChI=1S/C28H32ClN5O5/c1-2-38-26-6-4-3-5-25(26)31-27(36)30-20-7-9-21(10-8-20)33-13-15-34(16-14-33)28(37)32-24-12-11-22(19-23(24)29)39-18-17-35/h3-12,19,35H,2,13-18H2,1H3,(H,32,37)(H2,30,31,36). The van der Waals surface area contributed by atoms with Gasteiger partial charge in [0.15, 0.2) is 0 Å². The zero-order chi connectivity index (χ0) is 27.6. The van der Waals surface area contributed by atoms with Gasteiger partial charge in [-0.25, -0.2) is 9.59 Å². The quantitative estimate of drug-likeness (QED) is 0.293. The molecule has 3 aromatic carbocycles. The molecule has 0 aliphatic carbocycles. The van der Waals surface area contributed by atoms with Crippen LogP contribution in [0.5, 0.6) is 11.5 Å². The molecule has 11 heteroatoms. The molecule has 1 fully saturated rings. The third kappa shape index (κ3) is 7.68. The van der Waals surface area contributed by atoms with Crippen molar-refractivity contribution in [2.75, 3.05) is 66.8 Å². The van der Waals surface area contributed by atoms with E-state index in [4.69, 9.17) is 26.2 Å². The molecule has 3 aromatic rings. The molecule has 206 valence electrons. The fraction of sp³-hybridized carbons (Fsp3) is 0.286. The second-order valence-corrected chi connectivity index (χ2v) is 9.08. The molecule has 0 spiro atoms. The van der Waals surface area contributed by atoms with Crippen LogP contribution in [-0.2, 0) is 0 Å². The molecule has 1 saturated heterocycles. The first-order valence-corrected chi connectivity index (χ1v) is 13.1. The second kappa shape index (κ2) is 13.6. The van der Waals surface area contributed by atoms with Crippen molar-refractivity contribution in [3.8, 4) is 11.5 Å². The average molecular weight is 554 g/mol. The fourth-order valence-corrected chi connectivity index (χ4v) is 4.32. The van der Waals surface area contributed by atoms with Crippen LogP contribution >= 0.6 is 11.6 Å². The highest BCUT2D eigenvalue weighted by Crippen LogP contribution is 2.28. The summed E-state index contributed by atoms with van der Waals surface area (Å²) in [5.74, 6) is 1.14. The number of carbonyl (C=O) groups excluding carboxylic acids is 2. The molecule has 1 aliphatic rings. The topological polar surface area (TPSA) is 115 Å². The average Bonchev–Trinajstić information content (AvgIpc) is 2.95. The van der Waals surface area contributed by atoms with Crippen molar-refractivity contribution in [1.29, 1.82) is 0 Å². The van der Waals surface area contributed by atoms with Crippen LogP contribution in [0.4, 0.5) is 32.3 Å². The van der Waals surface area contributed by atoms with E-state index in [1.165, 1.54) is 0 Å². The summed E-state index contributed by atoms with van der Waals surface area (Å²) in [4.78, 5) is 29.2. The third-order valence-corrected chi connectivity index (χ3v) is 6.35. The van der Waals surface area contributed by atoms with Gasteiger partial charge in [0.05, 0.1) is 29.6 Å². The van der Waals surface area contributed by atoms with E-state index >= 15 is 0 Å². The number of urea groups is 2. The Kier molecular flexibility index (Phi) is 9.71. The van der Waals surface area contributed by atoms with Gasteiger partial charge >= 0.3 is 12.1 Å². The summed E-state index contributed by atoms with van der Waals surface area (Å²) in [7, 11) is 0. The molecule has 39 heavy (non-hydrogen) atoms. The zero-order valence-electron chi connectivity index (χ0n) is 21.7. The number of para-hydroxylation sites is 2. The van der Waals surface area contributed by atoms with Gasteiger partial charge < -0.3 is 40.3 Å². The molecular formula is C28H32ClN5O5. The van der Waals surface area contributed by atoms with Gasteiger partial charge in [-0.2, -0.15) is 0 Å². The summed E-state index contributed by atoms with van der Waals surface area (Å²) in [5.41, 5.74) is 2.76. The lowest BCUT2D eigenvalue weighted by Gasteiger charge is -2.36. The fourth-order valence-electron chi connectivity index (χ4n) is 4.10. The molecule has 0 aromatic heterocycles. The smallest absolute Gasteiger partial charge is 0.323 e. The summed E-state index contributed by atoms with van der Waals surface area (Å²) in [6.07, 6.45) is 0. The van der Waals surface area contributed by atoms with E-state index in [-0.39, 0.29) is 25.3 Å². The van der Waals surface area contributed by atoms with E-state index in [0.29, 0.717) is 66.4 Å². The number of anilines is 4. The monoisotopic (exact) mass is 553 g/mol. The maximum absolute atomic E-state index is 12.8. The predicted molar refractivity (Wildman–Crippen MR) is 154 cm³/mol. The predicted octanol–water partition coefficient (Wildman–Crippen LogP) is 5.11. The Labute approximate surface area is 232 Å². The molecule has 0 atom stereocenters. The summed E-state index contributed by atoms with van der Waals surface area (Å²) >= 11 is 6.28. The van der Waals surface area contributed by atoms with Gasteiger partial charge in [-0.3, -0.25) is 0 Å². The lowest BCUT2D eigenvalue weighted by atomic mass is 10.2. The van der Waals surface area contributed by atoms with E-state index < -0.39 is 0 Å². The zero-order valence-corrected chi connectivity index (χ0v) is 22.4. The summed E-state index contributed by atoms with van der Waals surface area (Å²) in [6, 6.07) is 19.2. The number of halogens is 1. The van der Waals surface area contributed by atoms with Gasteiger partial charge in [-0.05, 0) is 55.5 Å². The first-order chi connectivity index (χ1) is 19.0. The highest BCUT2D eigenvalue weighted by atomic mass is 35.5. The number of aliphatic hydroxyl groups is 1. The minimum Gasteiger partial charge on any atom is -0.492 e. The number of hydrogen-bond acceptors (Lipinski definition) is 6. The van der Waals surface area contributed by atoms with Crippen molar-refractivity contribution in [2.45, 2.75) is 6.92 Å². The van der Waals surface area contributed by atoms with Gasteiger partial charge in [0.2, 0.25) is 0 Å². The molecule has 0 bridgehead atoms. The Morgan fingerprint density at radius 1 is 0.897 bits per heavy atom. The van der Waals surface area contributed by atoms with Crippen molar-refractivity contribution in [2.24, 2.45) is 0 Å². The van der Waals surface area contributed by atoms with Crippen LogP contribution in [0.15, 0.2) is 66.7 Å². The molecule has 4 N–H and O–H groups in total.